The molecule has 0 aliphatic rings. The smallest absolute Gasteiger partial charge is 0.270 e. The van der Waals surface area contributed by atoms with Crippen LogP contribution in [-0.2, 0) is 0 Å². The summed E-state index contributed by atoms with van der Waals surface area (Å²) in [5.41, 5.74) is 0.873. The summed E-state index contributed by atoms with van der Waals surface area (Å²) < 4.78 is 0. The predicted molar refractivity (Wildman–Crippen MR) is 52.9 cm³/mol. The highest BCUT2D eigenvalue weighted by atomic mass is 35.5. The standard InChI is InChI=1S/C9H8ClNO3/c1-6-2-7(9(12)5-10)4-8(3-6)11(13)14/h2-4H,5H2,1H3. The number of Topliss-reactive ketones (excluding diaryl/α,β-unsaturated/α-hetero) is 1. The van der Waals surface area contributed by atoms with Crippen LogP contribution in [0.15, 0.2) is 18.2 Å². The van der Waals surface area contributed by atoms with Crippen molar-refractivity contribution in [3.05, 3.63) is 39.4 Å². The number of carbonyl (C=O) groups is 1. The van der Waals surface area contributed by atoms with E-state index in [0.29, 0.717) is 5.56 Å². The molecule has 74 valence electrons. The molecule has 0 unspecified atom stereocenters. The van der Waals surface area contributed by atoms with E-state index in [-0.39, 0.29) is 22.9 Å². The van der Waals surface area contributed by atoms with Crippen molar-refractivity contribution >= 4 is 23.1 Å². The van der Waals surface area contributed by atoms with Crippen LogP contribution < -0.4 is 0 Å². The van der Waals surface area contributed by atoms with Crippen LogP contribution in [0.5, 0.6) is 0 Å². The Labute approximate surface area is 85.6 Å². The van der Waals surface area contributed by atoms with Crippen molar-refractivity contribution in [1.29, 1.82) is 0 Å². The first-order chi connectivity index (χ1) is 6.54. The second-order valence-corrected chi connectivity index (χ2v) is 3.14. The quantitative estimate of drug-likeness (QED) is 0.335. The van der Waals surface area contributed by atoms with Gasteiger partial charge in [0, 0.05) is 17.7 Å². The first kappa shape index (κ1) is 10.7. The number of nitrogens with zero attached hydrogens (tertiary/aromatic N) is 1. The molecule has 0 atom stereocenters. The second kappa shape index (κ2) is 4.19. The summed E-state index contributed by atoms with van der Waals surface area (Å²) in [6, 6.07) is 4.22. The first-order valence-electron chi connectivity index (χ1n) is 3.90. The molecular weight excluding hydrogens is 206 g/mol. The highest BCUT2D eigenvalue weighted by Gasteiger charge is 2.11. The number of aryl methyl sites for hydroxylation is 1. The molecule has 0 heterocycles. The minimum atomic E-state index is -0.530. The summed E-state index contributed by atoms with van der Waals surface area (Å²) in [5.74, 6) is -0.473. The van der Waals surface area contributed by atoms with Crippen LogP contribution in [0.4, 0.5) is 5.69 Å². The van der Waals surface area contributed by atoms with Gasteiger partial charge >= 0.3 is 0 Å². The van der Waals surface area contributed by atoms with Crippen molar-refractivity contribution in [1.82, 2.24) is 0 Å². The Balaban J connectivity index is 3.20. The number of ketones is 1. The number of hydrogen-bond donors (Lipinski definition) is 0. The van der Waals surface area contributed by atoms with Gasteiger partial charge < -0.3 is 0 Å². The third-order valence-electron chi connectivity index (χ3n) is 1.72. The SMILES string of the molecule is Cc1cc(C(=O)CCl)cc([N+](=O)[O-])c1. The number of nitro groups is 1. The molecule has 0 aliphatic heterocycles. The van der Waals surface area contributed by atoms with Crippen molar-refractivity contribution in [3.8, 4) is 0 Å². The van der Waals surface area contributed by atoms with Crippen molar-refractivity contribution in [3.63, 3.8) is 0 Å². The fourth-order valence-electron chi connectivity index (χ4n) is 1.11. The molecule has 1 aromatic rings. The molecule has 5 heteroatoms. The summed E-state index contributed by atoms with van der Waals surface area (Å²) in [5, 5.41) is 10.5. The lowest BCUT2D eigenvalue weighted by Crippen LogP contribution is -2.02. The maximum atomic E-state index is 11.2. The van der Waals surface area contributed by atoms with E-state index in [4.69, 9.17) is 11.6 Å². The van der Waals surface area contributed by atoms with Gasteiger partial charge in [-0.15, -0.1) is 11.6 Å². The molecule has 1 aromatic carbocycles. The summed E-state index contributed by atoms with van der Waals surface area (Å²) in [6.07, 6.45) is 0. The van der Waals surface area contributed by atoms with Gasteiger partial charge in [0.25, 0.3) is 5.69 Å². The van der Waals surface area contributed by atoms with E-state index in [9.17, 15) is 14.9 Å². The van der Waals surface area contributed by atoms with Gasteiger partial charge in [0.1, 0.15) is 0 Å². The van der Waals surface area contributed by atoms with Gasteiger partial charge in [-0.3, -0.25) is 14.9 Å². The van der Waals surface area contributed by atoms with Crippen LogP contribution in [0.25, 0.3) is 0 Å². The number of non-ortho nitro benzene ring substituents is 1. The second-order valence-electron chi connectivity index (χ2n) is 2.87. The molecule has 0 amide bonds. The van der Waals surface area contributed by atoms with Crippen molar-refractivity contribution in [2.24, 2.45) is 0 Å². The minimum Gasteiger partial charge on any atom is -0.293 e. The number of hydrogen-bond acceptors (Lipinski definition) is 3. The van der Waals surface area contributed by atoms with Crippen molar-refractivity contribution in [2.75, 3.05) is 5.88 Å². The van der Waals surface area contributed by atoms with Gasteiger partial charge in [-0.1, -0.05) is 0 Å². The molecule has 0 saturated heterocycles. The summed E-state index contributed by atoms with van der Waals surface area (Å²) >= 11 is 5.35. The largest absolute Gasteiger partial charge is 0.293 e. The van der Waals surface area contributed by atoms with Crippen LogP contribution >= 0.6 is 11.6 Å². The molecule has 0 aromatic heterocycles. The Morgan fingerprint density at radius 2 is 2.14 bits per heavy atom. The maximum absolute atomic E-state index is 11.2. The van der Waals surface area contributed by atoms with Crippen molar-refractivity contribution in [2.45, 2.75) is 6.92 Å². The molecular formula is C9H8ClNO3. The monoisotopic (exact) mass is 213 g/mol. The Morgan fingerprint density at radius 1 is 1.50 bits per heavy atom. The Bertz CT molecular complexity index is 390. The lowest BCUT2D eigenvalue weighted by atomic mass is 10.1. The summed E-state index contributed by atoms with van der Waals surface area (Å²) in [4.78, 5) is 21.1. The Hall–Kier alpha value is -1.42. The zero-order valence-electron chi connectivity index (χ0n) is 7.49. The predicted octanol–water partition coefficient (Wildman–Crippen LogP) is 2.32. The van der Waals surface area contributed by atoms with Crippen LogP contribution in [0.3, 0.4) is 0 Å². The van der Waals surface area contributed by atoms with Crippen LogP contribution in [-0.4, -0.2) is 16.6 Å². The van der Waals surface area contributed by atoms with Gasteiger partial charge in [0.15, 0.2) is 5.78 Å². The highest BCUT2D eigenvalue weighted by Crippen LogP contribution is 2.17. The molecule has 4 nitrogen and oxygen atoms in total. The fourth-order valence-corrected chi connectivity index (χ4v) is 1.26. The highest BCUT2D eigenvalue weighted by molar-refractivity contribution is 6.30. The van der Waals surface area contributed by atoms with E-state index in [1.54, 1.807) is 13.0 Å². The van der Waals surface area contributed by atoms with E-state index in [1.807, 2.05) is 0 Å². The van der Waals surface area contributed by atoms with Gasteiger partial charge in [-0.2, -0.15) is 0 Å². The average Bonchev–Trinajstić information content (AvgIpc) is 2.15. The number of halogens is 1. The maximum Gasteiger partial charge on any atom is 0.270 e. The molecule has 0 radical (unpaired) electrons. The van der Waals surface area contributed by atoms with E-state index in [2.05, 4.69) is 0 Å². The lowest BCUT2D eigenvalue weighted by molar-refractivity contribution is -0.384. The molecule has 0 fully saturated rings. The fraction of sp³-hybridized carbons (Fsp3) is 0.222. The van der Waals surface area contributed by atoms with E-state index < -0.39 is 4.92 Å². The van der Waals surface area contributed by atoms with Gasteiger partial charge in [-0.05, 0) is 18.6 Å². The van der Waals surface area contributed by atoms with Crippen LogP contribution in [0.1, 0.15) is 15.9 Å². The topological polar surface area (TPSA) is 60.2 Å². The first-order valence-corrected chi connectivity index (χ1v) is 4.43. The summed E-state index contributed by atoms with van der Waals surface area (Å²) in [7, 11) is 0. The van der Waals surface area contributed by atoms with Crippen LogP contribution in [0.2, 0.25) is 0 Å². The molecule has 0 saturated carbocycles. The number of nitro benzene ring substituents is 1. The molecule has 0 spiro atoms. The number of benzene rings is 1. The zero-order chi connectivity index (χ0) is 10.7. The van der Waals surface area contributed by atoms with Crippen LogP contribution in [0, 0.1) is 17.0 Å². The molecule has 1 rings (SSSR count). The van der Waals surface area contributed by atoms with Gasteiger partial charge in [-0.25, -0.2) is 0 Å². The van der Waals surface area contributed by atoms with Crippen molar-refractivity contribution < 1.29 is 9.72 Å². The third-order valence-corrected chi connectivity index (χ3v) is 1.96. The van der Waals surface area contributed by atoms with E-state index in [0.717, 1.165) is 0 Å². The van der Waals surface area contributed by atoms with E-state index in [1.165, 1.54) is 12.1 Å². The Morgan fingerprint density at radius 3 is 2.64 bits per heavy atom. The number of carbonyl (C=O) groups excluding carboxylic acids is 1. The molecule has 0 bridgehead atoms. The van der Waals surface area contributed by atoms with E-state index >= 15 is 0 Å². The number of rotatable bonds is 3. The summed E-state index contributed by atoms with van der Waals surface area (Å²) in [6.45, 7) is 1.69. The van der Waals surface area contributed by atoms with Gasteiger partial charge in [0.2, 0.25) is 0 Å². The third kappa shape index (κ3) is 2.29. The molecule has 0 aliphatic carbocycles. The zero-order valence-corrected chi connectivity index (χ0v) is 8.25. The lowest BCUT2D eigenvalue weighted by Gasteiger charge is -1.99. The Kier molecular flexibility index (Phi) is 3.19. The minimum absolute atomic E-state index is 0.0848. The molecule has 14 heavy (non-hydrogen) atoms. The average molecular weight is 214 g/mol. The molecule has 0 N–H and O–H groups in total. The van der Waals surface area contributed by atoms with Gasteiger partial charge in [0.05, 0.1) is 10.8 Å². The normalized spacial score (nSPS) is 9.86. The number of alkyl halides is 1.